The number of benzene rings is 1. The van der Waals surface area contributed by atoms with Crippen LogP contribution in [0.3, 0.4) is 0 Å². The maximum atomic E-state index is 13.4. The first kappa shape index (κ1) is 14.9. The van der Waals surface area contributed by atoms with Crippen LogP contribution in [0, 0.1) is 5.82 Å². The molecule has 0 saturated carbocycles. The number of carbonyl (C=O) groups is 1. The third-order valence-electron chi connectivity index (χ3n) is 3.30. The Labute approximate surface area is 121 Å². The molecule has 2 rings (SSSR count). The molecule has 0 bridgehead atoms. The van der Waals surface area contributed by atoms with Crippen molar-refractivity contribution in [2.24, 2.45) is 5.73 Å². The van der Waals surface area contributed by atoms with E-state index in [1.807, 2.05) is 0 Å². The van der Waals surface area contributed by atoms with Crippen LogP contribution in [0.4, 0.5) is 4.39 Å². The van der Waals surface area contributed by atoms with Gasteiger partial charge in [-0.05, 0) is 31.5 Å². The number of carbonyl (C=O) groups excluding carboxylic acids is 1. The molecule has 20 heavy (non-hydrogen) atoms. The van der Waals surface area contributed by atoms with Gasteiger partial charge in [0.15, 0.2) is 4.75 Å². The second kappa shape index (κ2) is 4.49. The number of nitrogens with zero attached hydrogens (tertiary/aromatic N) is 1. The van der Waals surface area contributed by atoms with Gasteiger partial charge in [-0.3, -0.25) is 4.79 Å². The number of thiocarbonyl (C=S) groups is 1. The fraction of sp³-hybridized carbons (Fsp3) is 0.333. The van der Waals surface area contributed by atoms with Gasteiger partial charge >= 0.3 is 0 Å². The fourth-order valence-corrected chi connectivity index (χ4v) is 3.61. The van der Waals surface area contributed by atoms with Crippen molar-refractivity contribution in [1.29, 1.82) is 0 Å². The van der Waals surface area contributed by atoms with Crippen molar-refractivity contribution in [2.75, 3.05) is 0 Å². The topological polar surface area (TPSA) is 80.5 Å². The summed E-state index contributed by atoms with van der Waals surface area (Å²) in [4.78, 5) is 11.7. The molecule has 1 aliphatic rings. The lowest BCUT2D eigenvalue weighted by molar-refractivity contribution is -0.132. The Balaban J connectivity index is 2.31. The molecule has 0 unspecified atom stereocenters. The van der Waals surface area contributed by atoms with Crippen molar-refractivity contribution in [3.8, 4) is 0 Å². The number of hydrogen-bond donors (Lipinski definition) is 1. The van der Waals surface area contributed by atoms with Gasteiger partial charge in [-0.2, -0.15) is 0 Å². The molecule has 5 nitrogen and oxygen atoms in total. The van der Waals surface area contributed by atoms with Crippen LogP contribution >= 0.6 is 12.2 Å². The van der Waals surface area contributed by atoms with E-state index in [1.54, 1.807) is 0 Å². The predicted molar refractivity (Wildman–Crippen MR) is 75.8 cm³/mol. The number of hydrogen-bond acceptors (Lipinski definition) is 4. The van der Waals surface area contributed by atoms with E-state index in [-0.39, 0.29) is 17.1 Å². The Morgan fingerprint density at radius 1 is 1.45 bits per heavy atom. The van der Waals surface area contributed by atoms with Crippen molar-refractivity contribution in [3.63, 3.8) is 0 Å². The third kappa shape index (κ3) is 1.99. The lowest BCUT2D eigenvalue weighted by Crippen LogP contribution is -2.66. The summed E-state index contributed by atoms with van der Waals surface area (Å²) in [6.07, 6.45) is 0. The second-order valence-corrected chi connectivity index (χ2v) is 7.86. The summed E-state index contributed by atoms with van der Waals surface area (Å²) >= 11 is 4.71. The summed E-state index contributed by atoms with van der Waals surface area (Å²) in [6, 6.07) is 3.89. The first-order valence-corrected chi connectivity index (χ1v) is 7.59. The smallest absolute Gasteiger partial charge is 0.259 e. The van der Waals surface area contributed by atoms with E-state index in [0.717, 1.165) is 10.4 Å². The molecule has 108 valence electrons. The van der Waals surface area contributed by atoms with Gasteiger partial charge in [0.2, 0.25) is 0 Å². The maximum Gasteiger partial charge on any atom is 0.259 e. The van der Waals surface area contributed by atoms with Crippen LogP contribution in [-0.2, 0) is 21.4 Å². The van der Waals surface area contributed by atoms with Gasteiger partial charge in [-0.25, -0.2) is 17.1 Å². The van der Waals surface area contributed by atoms with Gasteiger partial charge in [0.05, 0.1) is 6.54 Å². The van der Waals surface area contributed by atoms with Gasteiger partial charge in [0, 0.05) is 5.56 Å². The molecule has 1 aliphatic heterocycles. The molecule has 1 amide bonds. The molecular formula is C12H13FN2O3S2. The van der Waals surface area contributed by atoms with Crippen LogP contribution in [0.25, 0.3) is 0 Å². The van der Waals surface area contributed by atoms with Gasteiger partial charge in [-0.1, -0.05) is 18.3 Å². The molecule has 2 N–H and O–H groups in total. The zero-order valence-electron chi connectivity index (χ0n) is 10.9. The third-order valence-corrected chi connectivity index (χ3v) is 5.86. The van der Waals surface area contributed by atoms with E-state index in [1.165, 1.54) is 26.0 Å². The van der Waals surface area contributed by atoms with E-state index in [9.17, 15) is 17.6 Å². The summed E-state index contributed by atoms with van der Waals surface area (Å²) in [5, 5.41) is 0. The molecule has 0 aromatic heterocycles. The summed E-state index contributed by atoms with van der Waals surface area (Å²) in [5.74, 6) is -1.07. The van der Waals surface area contributed by atoms with E-state index >= 15 is 0 Å². The first-order valence-electron chi connectivity index (χ1n) is 5.74. The molecule has 1 aromatic rings. The van der Waals surface area contributed by atoms with Crippen LogP contribution in [0.1, 0.15) is 25.0 Å². The van der Waals surface area contributed by atoms with E-state index < -0.39 is 26.5 Å². The van der Waals surface area contributed by atoms with Crippen molar-refractivity contribution >= 4 is 33.1 Å². The molecule has 0 atom stereocenters. The highest BCUT2D eigenvalue weighted by molar-refractivity contribution is 7.94. The SMILES string of the molecule is CC1(C)C(=O)N(Cc2ccc(F)c(C(N)=S)c2)S1(=O)=O. The Hall–Kier alpha value is -1.54. The minimum absolute atomic E-state index is 0.0298. The first-order chi connectivity index (χ1) is 9.09. The zero-order chi connectivity index (χ0) is 15.3. The average molecular weight is 316 g/mol. The summed E-state index contributed by atoms with van der Waals surface area (Å²) in [6.45, 7) is 2.55. The van der Waals surface area contributed by atoms with Crippen LogP contribution in [0.15, 0.2) is 18.2 Å². The quantitative estimate of drug-likeness (QED) is 0.839. The molecular weight excluding hydrogens is 303 g/mol. The number of nitrogens with two attached hydrogens (primary N) is 1. The number of halogens is 1. The molecule has 0 spiro atoms. The Kier molecular flexibility index (Phi) is 3.34. The van der Waals surface area contributed by atoms with Gasteiger partial charge in [0.1, 0.15) is 10.8 Å². The molecule has 0 aliphatic carbocycles. The molecule has 1 saturated heterocycles. The Bertz CT molecular complexity index is 713. The van der Waals surface area contributed by atoms with Gasteiger partial charge in [-0.15, -0.1) is 0 Å². The minimum Gasteiger partial charge on any atom is -0.389 e. The predicted octanol–water partition coefficient (Wildman–Crippen LogP) is 0.911. The van der Waals surface area contributed by atoms with Gasteiger partial charge in [0.25, 0.3) is 15.9 Å². The number of rotatable bonds is 3. The van der Waals surface area contributed by atoms with Crippen molar-refractivity contribution in [1.82, 2.24) is 4.31 Å². The van der Waals surface area contributed by atoms with E-state index in [2.05, 4.69) is 0 Å². The molecule has 0 radical (unpaired) electrons. The number of sulfonamides is 1. The second-order valence-electron chi connectivity index (χ2n) is 5.01. The van der Waals surface area contributed by atoms with Crippen LogP contribution < -0.4 is 5.73 Å². The number of amides is 1. The van der Waals surface area contributed by atoms with Crippen LogP contribution in [0.5, 0.6) is 0 Å². The lowest BCUT2D eigenvalue weighted by atomic mass is 10.1. The fourth-order valence-electron chi connectivity index (χ4n) is 1.94. The summed E-state index contributed by atoms with van der Waals surface area (Å²) < 4.78 is 36.7. The largest absolute Gasteiger partial charge is 0.389 e. The monoisotopic (exact) mass is 316 g/mol. The van der Waals surface area contributed by atoms with E-state index in [0.29, 0.717) is 5.56 Å². The normalized spacial score (nSPS) is 19.6. The molecule has 1 heterocycles. The average Bonchev–Trinajstić information content (AvgIpc) is 2.36. The molecule has 1 aromatic carbocycles. The summed E-state index contributed by atoms with van der Waals surface area (Å²) in [7, 11) is -3.67. The minimum atomic E-state index is -3.67. The zero-order valence-corrected chi connectivity index (χ0v) is 12.5. The van der Waals surface area contributed by atoms with Crippen molar-refractivity contribution in [3.05, 3.63) is 35.1 Å². The lowest BCUT2D eigenvalue weighted by Gasteiger charge is -2.43. The highest BCUT2D eigenvalue weighted by Gasteiger charge is 2.59. The van der Waals surface area contributed by atoms with Crippen LogP contribution in [0.2, 0.25) is 0 Å². The highest BCUT2D eigenvalue weighted by Crippen LogP contribution is 2.36. The maximum absolute atomic E-state index is 13.4. The van der Waals surface area contributed by atoms with Crippen molar-refractivity contribution in [2.45, 2.75) is 25.1 Å². The standard InChI is InChI=1S/C12H13FN2O3S2/c1-12(2)11(16)15(20(12,17)18)6-7-3-4-9(13)8(5-7)10(14)19/h3-5H,6H2,1-2H3,(H2,14,19). The Morgan fingerprint density at radius 3 is 2.55 bits per heavy atom. The highest BCUT2D eigenvalue weighted by atomic mass is 32.2. The van der Waals surface area contributed by atoms with Gasteiger partial charge < -0.3 is 5.73 Å². The molecule has 1 fully saturated rings. The summed E-state index contributed by atoms with van der Waals surface area (Å²) in [5.41, 5.74) is 5.85. The van der Waals surface area contributed by atoms with E-state index in [4.69, 9.17) is 18.0 Å². The Morgan fingerprint density at radius 2 is 2.05 bits per heavy atom. The molecule has 8 heteroatoms. The van der Waals surface area contributed by atoms with Crippen LogP contribution in [-0.4, -0.2) is 28.4 Å². The van der Waals surface area contributed by atoms with Crippen molar-refractivity contribution < 1.29 is 17.6 Å².